The summed E-state index contributed by atoms with van der Waals surface area (Å²) < 4.78 is 49.7. The monoisotopic (exact) mass is 337 g/mol. The highest BCUT2D eigenvalue weighted by Crippen LogP contribution is 2.48. The Morgan fingerprint density at radius 2 is 1.83 bits per heavy atom. The second-order valence-corrected chi connectivity index (χ2v) is 5.45. The molecule has 4 rings (SSSR count). The molecule has 0 saturated heterocycles. The van der Waals surface area contributed by atoms with Crippen molar-refractivity contribution in [3.05, 3.63) is 47.0 Å². The van der Waals surface area contributed by atoms with E-state index in [0.29, 0.717) is 11.5 Å². The highest BCUT2D eigenvalue weighted by molar-refractivity contribution is 6.06. The smallest absolute Gasteiger partial charge is 0.418 e. The predicted molar refractivity (Wildman–Crippen MR) is 76.1 cm³/mol. The van der Waals surface area contributed by atoms with Gasteiger partial charge < -0.3 is 19.9 Å². The lowest BCUT2D eigenvalue weighted by Gasteiger charge is -2.14. The number of para-hydroxylation sites is 1. The van der Waals surface area contributed by atoms with Gasteiger partial charge in [-0.2, -0.15) is 13.2 Å². The highest BCUT2D eigenvalue weighted by atomic mass is 19.4. The normalized spacial score (nSPS) is 18.5. The summed E-state index contributed by atoms with van der Waals surface area (Å²) in [6.07, 6.45) is -4.59. The molecule has 5 nitrogen and oxygen atoms in total. The van der Waals surface area contributed by atoms with Crippen LogP contribution in [-0.4, -0.2) is 17.8 Å². The third-order valence-electron chi connectivity index (χ3n) is 4.06. The number of hydrogen-bond acceptors (Lipinski definition) is 4. The van der Waals surface area contributed by atoms with Gasteiger partial charge in [0.25, 0.3) is 0 Å². The first-order valence-electron chi connectivity index (χ1n) is 7.00. The van der Waals surface area contributed by atoms with Gasteiger partial charge in [-0.15, -0.1) is 0 Å². The molecule has 0 saturated carbocycles. The summed E-state index contributed by atoms with van der Waals surface area (Å²) in [4.78, 5) is 12.3. The number of rotatable bonds is 1. The van der Waals surface area contributed by atoms with E-state index in [-0.39, 0.29) is 29.4 Å². The SMILES string of the molecule is O=C1Nc2c(cccc2C(F)(F)F)C1c1cc2c(cc1O)OCO2. The molecule has 1 amide bonds. The Hall–Kier alpha value is -2.90. The van der Waals surface area contributed by atoms with Crippen molar-refractivity contribution in [1.82, 2.24) is 0 Å². The number of ether oxygens (including phenoxy) is 2. The van der Waals surface area contributed by atoms with Crippen molar-refractivity contribution in [3.63, 3.8) is 0 Å². The molecule has 2 aliphatic rings. The summed E-state index contributed by atoms with van der Waals surface area (Å²) in [6.45, 7) is -0.0239. The third kappa shape index (κ3) is 2.06. The summed E-state index contributed by atoms with van der Waals surface area (Å²) >= 11 is 0. The summed E-state index contributed by atoms with van der Waals surface area (Å²) in [5.74, 6) is -1.30. The van der Waals surface area contributed by atoms with Crippen molar-refractivity contribution in [2.24, 2.45) is 0 Å². The van der Waals surface area contributed by atoms with Crippen LogP contribution in [0.2, 0.25) is 0 Å². The molecule has 8 heteroatoms. The van der Waals surface area contributed by atoms with Gasteiger partial charge in [0.1, 0.15) is 5.75 Å². The molecule has 124 valence electrons. The Balaban J connectivity index is 1.87. The minimum Gasteiger partial charge on any atom is -0.507 e. The largest absolute Gasteiger partial charge is 0.507 e. The molecule has 0 radical (unpaired) electrons. The quantitative estimate of drug-likeness (QED) is 0.838. The number of alkyl halides is 3. The molecule has 2 aliphatic heterocycles. The molecule has 0 fully saturated rings. The van der Waals surface area contributed by atoms with Gasteiger partial charge in [0.2, 0.25) is 12.7 Å². The van der Waals surface area contributed by atoms with E-state index in [4.69, 9.17) is 9.47 Å². The molecule has 0 bridgehead atoms. The molecule has 2 N–H and O–H groups in total. The van der Waals surface area contributed by atoms with Crippen LogP contribution >= 0.6 is 0 Å². The van der Waals surface area contributed by atoms with Crippen LogP contribution in [0.25, 0.3) is 0 Å². The van der Waals surface area contributed by atoms with E-state index in [0.717, 1.165) is 6.07 Å². The summed E-state index contributed by atoms with van der Waals surface area (Å²) in [5, 5.41) is 12.4. The Morgan fingerprint density at radius 1 is 1.12 bits per heavy atom. The van der Waals surface area contributed by atoms with Crippen LogP contribution in [0, 0.1) is 0 Å². The van der Waals surface area contributed by atoms with Crippen LogP contribution in [0.15, 0.2) is 30.3 Å². The van der Waals surface area contributed by atoms with Gasteiger partial charge in [0, 0.05) is 11.6 Å². The fourth-order valence-corrected chi connectivity index (χ4v) is 3.01. The van der Waals surface area contributed by atoms with E-state index in [9.17, 15) is 23.1 Å². The fourth-order valence-electron chi connectivity index (χ4n) is 3.01. The molecule has 1 atom stereocenters. The molecule has 2 aromatic carbocycles. The number of amides is 1. The number of halogens is 3. The molecule has 0 aliphatic carbocycles. The van der Waals surface area contributed by atoms with Crippen molar-refractivity contribution in [3.8, 4) is 17.2 Å². The van der Waals surface area contributed by atoms with Crippen LogP contribution in [0.5, 0.6) is 17.2 Å². The molecule has 0 spiro atoms. The Morgan fingerprint density at radius 3 is 2.54 bits per heavy atom. The summed E-state index contributed by atoms with van der Waals surface area (Å²) in [5.41, 5.74) is -0.882. The van der Waals surface area contributed by atoms with Crippen molar-refractivity contribution in [2.45, 2.75) is 12.1 Å². The van der Waals surface area contributed by atoms with E-state index in [1.54, 1.807) is 0 Å². The van der Waals surface area contributed by atoms with Gasteiger partial charge >= 0.3 is 6.18 Å². The van der Waals surface area contributed by atoms with E-state index < -0.39 is 23.6 Å². The van der Waals surface area contributed by atoms with Crippen LogP contribution < -0.4 is 14.8 Å². The number of carbonyl (C=O) groups excluding carboxylic acids is 1. The van der Waals surface area contributed by atoms with E-state index >= 15 is 0 Å². The number of anilines is 1. The number of nitrogens with one attached hydrogen (secondary N) is 1. The van der Waals surface area contributed by atoms with E-state index in [1.807, 2.05) is 0 Å². The fraction of sp³-hybridized carbons (Fsp3) is 0.188. The van der Waals surface area contributed by atoms with Gasteiger partial charge in [-0.05, 0) is 17.7 Å². The minimum atomic E-state index is -4.59. The molecular weight excluding hydrogens is 327 g/mol. The lowest BCUT2D eigenvalue weighted by atomic mass is 9.90. The first-order chi connectivity index (χ1) is 11.4. The number of phenolic OH excluding ortho intramolecular Hbond substituents is 1. The van der Waals surface area contributed by atoms with Crippen molar-refractivity contribution in [2.75, 3.05) is 12.1 Å². The summed E-state index contributed by atoms with van der Waals surface area (Å²) in [7, 11) is 0. The number of carbonyl (C=O) groups is 1. The third-order valence-corrected chi connectivity index (χ3v) is 4.06. The Labute approximate surface area is 133 Å². The van der Waals surface area contributed by atoms with Gasteiger partial charge in [-0.25, -0.2) is 0 Å². The molecule has 2 heterocycles. The lowest BCUT2D eigenvalue weighted by Crippen LogP contribution is -2.14. The molecule has 1 unspecified atom stereocenters. The van der Waals surface area contributed by atoms with Gasteiger partial charge in [0.15, 0.2) is 11.5 Å². The standard InChI is InChI=1S/C16H10F3NO4/c17-16(18,19)9-3-1-2-7-13(15(22)20-14(7)9)8-4-11-12(5-10(8)21)24-6-23-11/h1-5,13,21H,6H2,(H,20,22). The molecule has 24 heavy (non-hydrogen) atoms. The maximum Gasteiger partial charge on any atom is 0.418 e. The van der Waals surface area contributed by atoms with Gasteiger partial charge in [-0.1, -0.05) is 12.1 Å². The second-order valence-electron chi connectivity index (χ2n) is 5.45. The number of fused-ring (bicyclic) bond motifs is 2. The molecule has 2 aromatic rings. The van der Waals surface area contributed by atoms with Crippen molar-refractivity contribution < 1.29 is 32.5 Å². The predicted octanol–water partition coefficient (Wildman–Crippen LogP) is 3.22. The Bertz CT molecular complexity index is 863. The zero-order valence-electron chi connectivity index (χ0n) is 12.0. The first kappa shape index (κ1) is 14.7. The highest BCUT2D eigenvalue weighted by Gasteiger charge is 2.42. The lowest BCUT2D eigenvalue weighted by molar-refractivity contribution is -0.136. The average molecular weight is 337 g/mol. The van der Waals surface area contributed by atoms with Crippen molar-refractivity contribution in [1.29, 1.82) is 0 Å². The Kier molecular flexibility index (Phi) is 2.93. The number of phenols is 1. The second kappa shape index (κ2) is 4.80. The zero-order valence-corrected chi connectivity index (χ0v) is 12.0. The van der Waals surface area contributed by atoms with Crippen LogP contribution in [0.1, 0.15) is 22.6 Å². The van der Waals surface area contributed by atoms with E-state index in [1.165, 1.54) is 24.3 Å². The van der Waals surface area contributed by atoms with Crippen LogP contribution in [0.4, 0.5) is 18.9 Å². The maximum absolute atomic E-state index is 13.1. The van der Waals surface area contributed by atoms with Crippen LogP contribution in [-0.2, 0) is 11.0 Å². The van der Waals surface area contributed by atoms with E-state index in [2.05, 4.69) is 5.32 Å². The topological polar surface area (TPSA) is 67.8 Å². The molecular formula is C16H10F3NO4. The number of benzene rings is 2. The average Bonchev–Trinajstić information content (AvgIpc) is 3.07. The summed E-state index contributed by atoms with van der Waals surface area (Å²) in [6, 6.07) is 6.27. The zero-order chi connectivity index (χ0) is 17.1. The van der Waals surface area contributed by atoms with Gasteiger partial charge in [0.05, 0.1) is 17.2 Å². The number of hydrogen-bond donors (Lipinski definition) is 2. The molecule has 0 aromatic heterocycles. The van der Waals surface area contributed by atoms with Crippen molar-refractivity contribution >= 4 is 11.6 Å². The van der Waals surface area contributed by atoms with Gasteiger partial charge in [-0.3, -0.25) is 4.79 Å². The first-order valence-corrected chi connectivity index (χ1v) is 7.00. The van der Waals surface area contributed by atoms with Crippen LogP contribution in [0.3, 0.4) is 0 Å². The number of aromatic hydroxyl groups is 1. The minimum absolute atomic E-state index is 0.0239. The maximum atomic E-state index is 13.1.